The molecular weight excluding hydrogens is 950 g/mol. The number of anilines is 2. The van der Waals surface area contributed by atoms with Gasteiger partial charge in [0.25, 0.3) is 11.5 Å². The number of imidazole rings is 2. The fourth-order valence-electron chi connectivity index (χ4n) is 6.70. The molecule has 350 valence electrons. The van der Waals surface area contributed by atoms with Crippen LogP contribution in [0.2, 0.25) is 0 Å². The highest BCUT2D eigenvalue weighted by Gasteiger charge is 2.51. The van der Waals surface area contributed by atoms with E-state index < -0.39 is 93.0 Å². The molecule has 1 aromatic carbocycles. The number of benzene rings is 1. The Balaban J connectivity index is 1.13. The molecule has 0 radical (unpaired) electrons. The molecule has 2 fully saturated rings. The Hall–Kier alpha value is -5.09. The Labute approximate surface area is 383 Å². The summed E-state index contributed by atoms with van der Waals surface area (Å²) in [5.41, 5.74) is -0.258. The summed E-state index contributed by atoms with van der Waals surface area (Å²) in [6, 6.07) is 12.3. The molecule has 2 saturated heterocycles. The normalized spacial score (nSPS) is 23.6. The molecule has 24 nitrogen and oxygen atoms in total. The number of H-pyrrole nitrogens is 1. The van der Waals surface area contributed by atoms with E-state index in [1.807, 2.05) is 12.1 Å². The van der Waals surface area contributed by atoms with Crippen LogP contribution in [0.25, 0.3) is 22.3 Å². The number of aliphatic hydroxyl groups excluding tert-OH is 1. The fraction of sp³-hybridized carbons (Fsp3) is 0.459. The molecule has 29 heteroatoms. The lowest BCUT2D eigenvalue weighted by Gasteiger charge is -2.29. The number of aromatic amines is 1. The molecule has 9 atom stereocenters. The molecule has 0 spiro atoms. The molecule has 6 unspecified atom stereocenters. The largest absolute Gasteiger partial charge is 0.394 e. The van der Waals surface area contributed by atoms with Crippen molar-refractivity contribution in [3.63, 3.8) is 0 Å². The number of carbonyl (C=O) groups is 2. The Morgan fingerprint density at radius 3 is 2.39 bits per heavy atom. The van der Waals surface area contributed by atoms with E-state index in [1.165, 1.54) is 12.7 Å². The molecule has 2 aliphatic rings. The topological polar surface area (TPSA) is 318 Å². The van der Waals surface area contributed by atoms with Gasteiger partial charge in [-0.25, -0.2) is 24.3 Å². The van der Waals surface area contributed by atoms with Crippen molar-refractivity contribution in [3.8, 4) is 12.1 Å². The third-order valence-electron chi connectivity index (χ3n) is 9.88. The van der Waals surface area contributed by atoms with Gasteiger partial charge in [-0.05, 0) is 35.7 Å². The van der Waals surface area contributed by atoms with Crippen molar-refractivity contribution < 1.29 is 56.1 Å². The molecule has 0 aliphatic carbocycles. The van der Waals surface area contributed by atoms with E-state index in [1.54, 1.807) is 48.7 Å². The number of fused-ring (bicyclic) bond motifs is 2. The van der Waals surface area contributed by atoms with Crippen LogP contribution in [0.1, 0.15) is 55.9 Å². The summed E-state index contributed by atoms with van der Waals surface area (Å²) < 4.78 is 60.9. The monoisotopic (exact) mass is 990 g/mol. The lowest BCUT2D eigenvalue weighted by Crippen LogP contribution is -2.34. The second-order valence-corrected chi connectivity index (χ2v) is 20.5. The van der Waals surface area contributed by atoms with Crippen molar-refractivity contribution in [2.24, 2.45) is 5.92 Å². The van der Waals surface area contributed by atoms with Crippen LogP contribution >= 0.6 is 13.4 Å². The van der Waals surface area contributed by atoms with Crippen molar-refractivity contribution in [2.75, 3.05) is 37.1 Å². The molecule has 66 heavy (non-hydrogen) atoms. The van der Waals surface area contributed by atoms with Crippen LogP contribution in [0.5, 0.6) is 0 Å². The molecule has 7 rings (SSSR count). The Bertz CT molecular complexity index is 2810. The maximum absolute atomic E-state index is 16.8. The van der Waals surface area contributed by atoms with E-state index in [4.69, 9.17) is 61.0 Å². The summed E-state index contributed by atoms with van der Waals surface area (Å²) in [7, 11) is 0. The van der Waals surface area contributed by atoms with Crippen LogP contribution in [-0.2, 0) is 60.5 Å². The van der Waals surface area contributed by atoms with Gasteiger partial charge in [-0.2, -0.15) is 15.5 Å². The molecule has 6 heterocycles. The Morgan fingerprint density at radius 2 is 1.68 bits per heavy atom. The lowest BCUT2D eigenvalue weighted by molar-refractivity contribution is -0.118. The van der Waals surface area contributed by atoms with E-state index in [0.717, 1.165) is 10.9 Å². The first kappa shape index (κ1) is 48.8. The predicted molar refractivity (Wildman–Crippen MR) is 235 cm³/mol. The first-order chi connectivity index (χ1) is 31.6. The van der Waals surface area contributed by atoms with Gasteiger partial charge in [0.15, 0.2) is 40.5 Å². The average Bonchev–Trinajstić information content (AvgIpc) is 4.08. The molecule has 0 bridgehead atoms. The number of amides is 2. The zero-order chi connectivity index (χ0) is 47.2. The first-order valence-corrected chi connectivity index (χ1v) is 25.1. The number of halogens is 1. The van der Waals surface area contributed by atoms with Crippen LogP contribution in [0.15, 0.2) is 54.1 Å². The molecule has 5 aromatic rings. The summed E-state index contributed by atoms with van der Waals surface area (Å²) in [4.78, 5) is 72.9. The van der Waals surface area contributed by atoms with Gasteiger partial charge in [-0.15, -0.1) is 0 Å². The van der Waals surface area contributed by atoms with Crippen LogP contribution < -0.4 is 16.2 Å². The van der Waals surface area contributed by atoms with Gasteiger partial charge in [-0.1, -0.05) is 32.0 Å². The SMILES string of the molecule is CC(C)C(=O)Nc1nc2c(ncn2C2OC(COP(=S)(OCCC#N)O[C@H]3CC(n4cnc5c(NC(=O)c6ccccc6)ncnc54)OC3CO)[C@@H](OP(O)(=S)OCCC#N)[C@H]2F)c(=O)[nH]1. The quantitative estimate of drug-likeness (QED) is 0.0551. The maximum atomic E-state index is 16.8. The summed E-state index contributed by atoms with van der Waals surface area (Å²) >= 11 is 11.0. The number of rotatable bonds is 20. The number of alkyl halides is 1. The number of nitrogens with one attached hydrogen (secondary N) is 3. The van der Waals surface area contributed by atoms with Crippen LogP contribution in [0, 0.1) is 28.6 Å². The summed E-state index contributed by atoms with van der Waals surface area (Å²) in [5, 5.41) is 33.9. The minimum atomic E-state index is -4.27. The number of ether oxygens (including phenoxy) is 2. The number of nitrogens with zero attached hydrogens (tertiary/aromatic N) is 9. The van der Waals surface area contributed by atoms with Crippen molar-refractivity contribution in [3.05, 3.63) is 65.2 Å². The van der Waals surface area contributed by atoms with Crippen molar-refractivity contribution in [1.82, 2.24) is 39.0 Å². The number of hydrogen-bond acceptors (Lipinski definition) is 20. The van der Waals surface area contributed by atoms with Gasteiger partial charge in [0, 0.05) is 17.9 Å². The van der Waals surface area contributed by atoms with Crippen LogP contribution in [0.3, 0.4) is 0 Å². The van der Waals surface area contributed by atoms with E-state index in [9.17, 15) is 29.6 Å². The van der Waals surface area contributed by atoms with Crippen molar-refractivity contribution >= 4 is 83.0 Å². The zero-order valence-electron chi connectivity index (χ0n) is 34.8. The highest BCUT2D eigenvalue weighted by Crippen LogP contribution is 2.55. The summed E-state index contributed by atoms with van der Waals surface area (Å²) in [6.07, 6.45) is -6.61. The van der Waals surface area contributed by atoms with Crippen LogP contribution in [-0.4, -0.2) is 118 Å². The fourth-order valence-corrected chi connectivity index (χ4v) is 10.3. The van der Waals surface area contributed by atoms with Crippen molar-refractivity contribution in [2.45, 2.75) is 76.2 Å². The highest BCUT2D eigenvalue weighted by atomic mass is 32.5. The smallest absolute Gasteiger partial charge is 0.327 e. The molecule has 2 aliphatic heterocycles. The number of hydrogen-bond donors (Lipinski definition) is 5. The third kappa shape index (κ3) is 11.2. The molecule has 4 aromatic heterocycles. The third-order valence-corrected chi connectivity index (χ3v) is 13.9. The highest BCUT2D eigenvalue weighted by molar-refractivity contribution is 8.07. The minimum absolute atomic E-state index is 0.0169. The van der Waals surface area contributed by atoms with Gasteiger partial charge < -0.3 is 42.9 Å². The number of carbonyl (C=O) groups excluding carboxylic acids is 2. The number of aromatic nitrogens is 8. The zero-order valence-corrected chi connectivity index (χ0v) is 38.2. The van der Waals surface area contributed by atoms with Gasteiger partial charge in [-0.3, -0.25) is 38.3 Å². The van der Waals surface area contributed by atoms with E-state index in [2.05, 4.69) is 40.5 Å². The summed E-state index contributed by atoms with van der Waals surface area (Å²) in [6.45, 7) is -6.85. The number of aliphatic hydroxyl groups is 1. The number of nitriles is 2. The average molecular weight is 991 g/mol. The van der Waals surface area contributed by atoms with Gasteiger partial charge in [0.1, 0.15) is 30.9 Å². The lowest BCUT2D eigenvalue weighted by atomic mass is 10.1. The summed E-state index contributed by atoms with van der Waals surface area (Å²) in [5.74, 6) is -1.48. The molecule has 0 saturated carbocycles. The molecule has 2 amide bonds. The Kier molecular flexibility index (Phi) is 15.7. The van der Waals surface area contributed by atoms with E-state index in [-0.39, 0.29) is 66.6 Å². The van der Waals surface area contributed by atoms with Crippen molar-refractivity contribution in [1.29, 1.82) is 10.5 Å². The second kappa shape index (κ2) is 21.3. The van der Waals surface area contributed by atoms with Gasteiger partial charge in [0.2, 0.25) is 11.9 Å². The first-order valence-electron chi connectivity index (χ1n) is 20.0. The van der Waals surface area contributed by atoms with E-state index >= 15 is 4.39 Å². The standard InChI is InChI=1S/C37H41FN12O12P2S2/c1-20(2)33(52)47-37-46-32-28(35(54)48-37)44-19-50(32)36-26(38)29(62-63(55,65)56-12-6-10-39)24(60-36)16-58-64(66,57-13-7-11-40)61-22-14-25(59-23(22)15-51)49-18-43-27-30(41-17-42-31(27)49)45-34(53)21-8-4-3-5-9-21/h3-5,8-9,17-20,22-26,29,36,51H,6-7,12-16H2,1-2H3,(H,55,65)(H,41,42,45,53)(H2,46,47,48,52,54)/t22-,23?,24?,25?,26+,29+,36?,63?,64?/m0/s1. The van der Waals surface area contributed by atoms with Crippen LogP contribution in [0.4, 0.5) is 16.2 Å². The predicted octanol–water partition coefficient (Wildman–Crippen LogP) is 3.41. The maximum Gasteiger partial charge on any atom is 0.327 e. The van der Waals surface area contributed by atoms with Gasteiger partial charge in [0.05, 0.1) is 70.2 Å². The van der Waals surface area contributed by atoms with E-state index in [0.29, 0.717) is 5.56 Å². The minimum Gasteiger partial charge on any atom is -0.394 e. The second-order valence-electron chi connectivity index (χ2n) is 14.7. The molecule has 5 N–H and O–H groups in total. The van der Waals surface area contributed by atoms with Gasteiger partial charge >= 0.3 is 13.4 Å². The Morgan fingerprint density at radius 1 is 0.970 bits per heavy atom. The molecular formula is C37H41FN12O12P2S2.